The lowest BCUT2D eigenvalue weighted by Crippen LogP contribution is -2.40. The zero-order valence-electron chi connectivity index (χ0n) is 16.1. The summed E-state index contributed by atoms with van der Waals surface area (Å²) >= 11 is 0. The zero-order valence-corrected chi connectivity index (χ0v) is 16.1. The number of nitriles is 1. The second kappa shape index (κ2) is 11.7. The maximum absolute atomic E-state index is 8.86. The van der Waals surface area contributed by atoms with Gasteiger partial charge < -0.3 is 15.4 Å². The number of ether oxygens (including phenoxy) is 1. The van der Waals surface area contributed by atoms with Gasteiger partial charge in [-0.15, -0.1) is 0 Å². The Balaban J connectivity index is 1.75. The lowest BCUT2D eigenvalue weighted by atomic mass is 10.1. The summed E-state index contributed by atoms with van der Waals surface area (Å²) in [6.45, 7) is 7.69. The van der Waals surface area contributed by atoms with E-state index < -0.39 is 0 Å². The Morgan fingerprint density at radius 3 is 2.48 bits per heavy atom. The molecule has 2 aromatic rings. The van der Waals surface area contributed by atoms with Crippen LogP contribution in [-0.2, 0) is 17.9 Å². The van der Waals surface area contributed by atoms with Gasteiger partial charge in [0.05, 0.1) is 31.4 Å². The topological polar surface area (TPSA) is 69.4 Å². The predicted molar refractivity (Wildman–Crippen MR) is 109 cm³/mol. The van der Waals surface area contributed by atoms with Gasteiger partial charge in [-0.3, -0.25) is 0 Å². The van der Waals surface area contributed by atoms with Gasteiger partial charge in [0, 0.05) is 13.1 Å². The minimum absolute atomic E-state index is 0.368. The number of benzene rings is 2. The molecule has 0 heterocycles. The molecule has 0 saturated heterocycles. The maximum atomic E-state index is 8.86. The van der Waals surface area contributed by atoms with Crippen LogP contribution in [0.4, 0.5) is 0 Å². The van der Waals surface area contributed by atoms with Crippen LogP contribution in [0.3, 0.4) is 0 Å². The summed E-state index contributed by atoms with van der Waals surface area (Å²) in [5.74, 6) is 1.16. The number of hydrogen-bond acceptors (Lipinski definition) is 3. The molecule has 2 N–H and O–H groups in total. The Kier molecular flexibility index (Phi) is 8.88. The van der Waals surface area contributed by atoms with Crippen LogP contribution < -0.4 is 10.6 Å². The molecule has 0 amide bonds. The lowest BCUT2D eigenvalue weighted by Gasteiger charge is -2.16. The molecule has 27 heavy (non-hydrogen) atoms. The lowest BCUT2D eigenvalue weighted by molar-refractivity contribution is 0.0931. The van der Waals surface area contributed by atoms with Crippen molar-refractivity contribution >= 4 is 5.96 Å². The first-order chi connectivity index (χ1) is 13.2. The van der Waals surface area contributed by atoms with Crippen LogP contribution in [0.5, 0.6) is 0 Å². The molecule has 0 saturated carbocycles. The molecule has 1 atom stereocenters. The smallest absolute Gasteiger partial charge is 0.191 e. The normalized spacial score (nSPS) is 12.3. The fourth-order valence-electron chi connectivity index (χ4n) is 2.48. The molecule has 1 unspecified atom stereocenters. The summed E-state index contributed by atoms with van der Waals surface area (Å²) in [5.41, 5.74) is 2.93. The summed E-state index contributed by atoms with van der Waals surface area (Å²) in [4.78, 5) is 4.61. The van der Waals surface area contributed by atoms with E-state index in [1.165, 1.54) is 5.56 Å². The van der Waals surface area contributed by atoms with E-state index in [0.29, 0.717) is 31.2 Å². The average molecular weight is 364 g/mol. The predicted octanol–water partition coefficient (Wildman–Crippen LogP) is 3.47. The molecular weight excluding hydrogens is 336 g/mol. The standard InChI is InChI=1S/C22H28N4O/c1-3-24-22(26-15-20-11-9-19(13-23)10-12-20)25-14-18(2)16-27-17-21-7-5-4-6-8-21/h4-12,18H,3,14-17H2,1-2H3,(H2,24,25,26). The average Bonchev–Trinajstić information content (AvgIpc) is 2.71. The van der Waals surface area contributed by atoms with Crippen LogP contribution in [0.1, 0.15) is 30.5 Å². The van der Waals surface area contributed by atoms with Crippen molar-refractivity contribution in [3.05, 3.63) is 71.3 Å². The van der Waals surface area contributed by atoms with Crippen LogP contribution in [-0.4, -0.2) is 25.7 Å². The van der Waals surface area contributed by atoms with E-state index in [1.807, 2.05) is 49.4 Å². The van der Waals surface area contributed by atoms with E-state index in [9.17, 15) is 0 Å². The van der Waals surface area contributed by atoms with Crippen LogP contribution in [0, 0.1) is 17.2 Å². The number of hydrogen-bond donors (Lipinski definition) is 2. The van der Waals surface area contributed by atoms with Gasteiger partial charge in [0.15, 0.2) is 5.96 Å². The Bertz CT molecular complexity index is 735. The largest absolute Gasteiger partial charge is 0.376 e. The van der Waals surface area contributed by atoms with Crippen molar-refractivity contribution in [1.82, 2.24) is 10.6 Å². The zero-order chi connectivity index (χ0) is 19.3. The number of nitrogens with zero attached hydrogens (tertiary/aromatic N) is 2. The van der Waals surface area contributed by atoms with E-state index in [1.54, 1.807) is 0 Å². The van der Waals surface area contributed by atoms with Crippen LogP contribution in [0.2, 0.25) is 0 Å². The van der Waals surface area contributed by atoms with Crippen molar-refractivity contribution in [3.8, 4) is 6.07 Å². The van der Waals surface area contributed by atoms with Crippen molar-refractivity contribution in [1.29, 1.82) is 5.26 Å². The minimum atomic E-state index is 0.368. The summed E-state index contributed by atoms with van der Waals surface area (Å²) in [5, 5.41) is 15.5. The van der Waals surface area contributed by atoms with Crippen molar-refractivity contribution in [2.75, 3.05) is 19.7 Å². The SMILES string of the molecule is CCNC(=NCc1ccc(C#N)cc1)NCC(C)COCc1ccccc1. The van der Waals surface area contributed by atoms with E-state index >= 15 is 0 Å². The molecule has 0 aromatic heterocycles. The Morgan fingerprint density at radius 2 is 1.81 bits per heavy atom. The highest BCUT2D eigenvalue weighted by molar-refractivity contribution is 5.79. The van der Waals surface area contributed by atoms with E-state index in [2.05, 4.69) is 40.8 Å². The van der Waals surface area contributed by atoms with Crippen molar-refractivity contribution in [2.24, 2.45) is 10.9 Å². The van der Waals surface area contributed by atoms with Gasteiger partial charge in [0.2, 0.25) is 0 Å². The molecule has 142 valence electrons. The first kappa shape index (κ1) is 20.5. The van der Waals surface area contributed by atoms with Crippen LogP contribution >= 0.6 is 0 Å². The highest BCUT2D eigenvalue weighted by atomic mass is 16.5. The molecule has 5 nitrogen and oxygen atoms in total. The molecule has 2 aromatic carbocycles. The second-order valence-electron chi connectivity index (χ2n) is 6.49. The molecule has 5 heteroatoms. The Hall–Kier alpha value is -2.84. The highest BCUT2D eigenvalue weighted by Crippen LogP contribution is 2.05. The molecule has 0 aliphatic heterocycles. The van der Waals surface area contributed by atoms with Gasteiger partial charge in [-0.1, -0.05) is 49.4 Å². The number of guanidine groups is 1. The summed E-state index contributed by atoms with van der Waals surface area (Å²) < 4.78 is 5.80. The molecule has 0 aliphatic carbocycles. The minimum Gasteiger partial charge on any atom is -0.376 e. The molecular formula is C22H28N4O. The third-order valence-electron chi connectivity index (χ3n) is 3.98. The van der Waals surface area contributed by atoms with E-state index in [-0.39, 0.29) is 0 Å². The van der Waals surface area contributed by atoms with Crippen LogP contribution in [0.15, 0.2) is 59.6 Å². The third-order valence-corrected chi connectivity index (χ3v) is 3.98. The Morgan fingerprint density at radius 1 is 1.07 bits per heavy atom. The highest BCUT2D eigenvalue weighted by Gasteiger charge is 2.05. The molecule has 0 radical (unpaired) electrons. The van der Waals surface area contributed by atoms with Crippen LogP contribution in [0.25, 0.3) is 0 Å². The van der Waals surface area contributed by atoms with Crippen molar-refractivity contribution < 1.29 is 4.74 Å². The number of rotatable bonds is 9. The van der Waals surface area contributed by atoms with E-state index in [4.69, 9.17) is 10.00 Å². The fourth-order valence-corrected chi connectivity index (χ4v) is 2.48. The van der Waals surface area contributed by atoms with E-state index in [0.717, 1.165) is 24.6 Å². The first-order valence-corrected chi connectivity index (χ1v) is 9.34. The molecule has 0 aliphatic rings. The maximum Gasteiger partial charge on any atom is 0.191 e. The Labute approximate surface area is 162 Å². The number of aliphatic imine (C=N–C) groups is 1. The third kappa shape index (κ3) is 7.93. The molecule has 2 rings (SSSR count). The van der Waals surface area contributed by atoms with Gasteiger partial charge >= 0.3 is 0 Å². The quantitative estimate of drug-likeness (QED) is 0.528. The molecule has 0 fully saturated rings. The monoisotopic (exact) mass is 364 g/mol. The van der Waals surface area contributed by atoms with Gasteiger partial charge in [-0.05, 0) is 36.1 Å². The summed E-state index contributed by atoms with van der Waals surface area (Å²) in [6, 6.07) is 19.8. The van der Waals surface area contributed by atoms with Gasteiger partial charge in [-0.25, -0.2) is 4.99 Å². The summed E-state index contributed by atoms with van der Waals surface area (Å²) in [7, 11) is 0. The fraction of sp³-hybridized carbons (Fsp3) is 0.364. The number of nitrogens with one attached hydrogen (secondary N) is 2. The van der Waals surface area contributed by atoms with Crippen molar-refractivity contribution in [3.63, 3.8) is 0 Å². The van der Waals surface area contributed by atoms with Gasteiger partial charge in [-0.2, -0.15) is 5.26 Å². The van der Waals surface area contributed by atoms with Gasteiger partial charge in [0.25, 0.3) is 0 Å². The summed E-state index contributed by atoms with van der Waals surface area (Å²) in [6.07, 6.45) is 0. The van der Waals surface area contributed by atoms with Gasteiger partial charge in [0.1, 0.15) is 0 Å². The molecule has 0 bridgehead atoms. The second-order valence-corrected chi connectivity index (χ2v) is 6.49. The first-order valence-electron chi connectivity index (χ1n) is 9.34. The molecule has 0 spiro atoms. The van der Waals surface area contributed by atoms with Crippen molar-refractivity contribution in [2.45, 2.75) is 27.0 Å².